The standard InChI is InChI=1S/C11H15ClO2/c1-3-11(2,14)10(13)8-5-4-6-9(12)7-8/h4-7,10,13-14H,3H2,1-2H3. The van der Waals surface area contributed by atoms with Crippen LogP contribution in [-0.4, -0.2) is 15.8 Å². The zero-order valence-corrected chi connectivity index (χ0v) is 9.12. The molecule has 0 aromatic heterocycles. The van der Waals surface area contributed by atoms with Gasteiger partial charge in [-0.15, -0.1) is 0 Å². The maximum Gasteiger partial charge on any atom is 0.107 e. The molecule has 0 bridgehead atoms. The molecule has 2 unspecified atom stereocenters. The number of halogens is 1. The monoisotopic (exact) mass is 214 g/mol. The summed E-state index contributed by atoms with van der Waals surface area (Å²) in [6.07, 6.45) is -0.410. The fraction of sp³-hybridized carbons (Fsp3) is 0.455. The molecule has 1 aromatic rings. The molecule has 0 radical (unpaired) electrons. The molecule has 0 heterocycles. The summed E-state index contributed by atoms with van der Waals surface area (Å²) in [5, 5.41) is 20.3. The molecule has 2 nitrogen and oxygen atoms in total. The molecular formula is C11H15ClO2. The molecule has 0 saturated heterocycles. The molecule has 0 aliphatic rings. The topological polar surface area (TPSA) is 40.5 Å². The third-order valence-electron chi connectivity index (χ3n) is 2.47. The van der Waals surface area contributed by atoms with E-state index in [1.165, 1.54) is 0 Å². The lowest BCUT2D eigenvalue weighted by molar-refractivity contribution is -0.0658. The Bertz CT molecular complexity index is 310. The first kappa shape index (κ1) is 11.5. The van der Waals surface area contributed by atoms with Gasteiger partial charge in [-0.3, -0.25) is 0 Å². The molecule has 3 heteroatoms. The summed E-state index contributed by atoms with van der Waals surface area (Å²) in [6, 6.07) is 6.90. The average Bonchev–Trinajstić information content (AvgIpc) is 2.16. The summed E-state index contributed by atoms with van der Waals surface area (Å²) in [7, 11) is 0. The van der Waals surface area contributed by atoms with Crippen molar-refractivity contribution < 1.29 is 10.2 Å². The molecule has 0 fully saturated rings. The van der Waals surface area contributed by atoms with Crippen LogP contribution < -0.4 is 0 Å². The molecule has 0 spiro atoms. The largest absolute Gasteiger partial charge is 0.387 e. The van der Waals surface area contributed by atoms with Crippen LogP contribution in [0.4, 0.5) is 0 Å². The first-order valence-corrected chi connectivity index (χ1v) is 5.01. The Hall–Kier alpha value is -0.570. The van der Waals surface area contributed by atoms with E-state index in [9.17, 15) is 10.2 Å². The van der Waals surface area contributed by atoms with Gasteiger partial charge in [-0.2, -0.15) is 0 Å². The first-order valence-electron chi connectivity index (χ1n) is 4.63. The minimum Gasteiger partial charge on any atom is -0.387 e. The predicted octanol–water partition coefficient (Wildman–Crippen LogP) is 2.53. The van der Waals surface area contributed by atoms with E-state index in [2.05, 4.69) is 0 Å². The van der Waals surface area contributed by atoms with Crippen LogP contribution in [0.2, 0.25) is 5.02 Å². The van der Waals surface area contributed by atoms with Crippen molar-refractivity contribution in [2.75, 3.05) is 0 Å². The Balaban J connectivity index is 2.94. The zero-order chi connectivity index (χ0) is 10.8. The number of aliphatic hydroxyl groups is 2. The number of hydrogen-bond acceptors (Lipinski definition) is 2. The van der Waals surface area contributed by atoms with Crippen molar-refractivity contribution in [2.24, 2.45) is 0 Å². The predicted molar refractivity (Wildman–Crippen MR) is 57.3 cm³/mol. The Morgan fingerprint density at radius 3 is 2.64 bits per heavy atom. The normalized spacial score (nSPS) is 17.5. The highest BCUT2D eigenvalue weighted by atomic mass is 35.5. The van der Waals surface area contributed by atoms with Crippen LogP contribution in [0.5, 0.6) is 0 Å². The van der Waals surface area contributed by atoms with Crippen LogP contribution in [0.15, 0.2) is 24.3 Å². The number of hydrogen-bond donors (Lipinski definition) is 2. The van der Waals surface area contributed by atoms with Gasteiger partial charge in [-0.05, 0) is 31.0 Å². The zero-order valence-electron chi connectivity index (χ0n) is 8.37. The van der Waals surface area contributed by atoms with Crippen molar-refractivity contribution in [3.63, 3.8) is 0 Å². The third-order valence-corrected chi connectivity index (χ3v) is 2.70. The van der Waals surface area contributed by atoms with Crippen molar-refractivity contribution >= 4 is 11.6 Å². The van der Waals surface area contributed by atoms with E-state index in [0.717, 1.165) is 0 Å². The minimum absolute atomic E-state index is 0.487. The van der Waals surface area contributed by atoms with Crippen LogP contribution in [0.1, 0.15) is 31.9 Å². The van der Waals surface area contributed by atoms with Crippen LogP contribution in [0.25, 0.3) is 0 Å². The molecule has 0 amide bonds. The molecular weight excluding hydrogens is 200 g/mol. The van der Waals surface area contributed by atoms with Gasteiger partial charge in [0, 0.05) is 5.02 Å². The molecule has 1 rings (SSSR count). The van der Waals surface area contributed by atoms with Crippen LogP contribution in [0.3, 0.4) is 0 Å². The molecule has 0 aliphatic heterocycles. The SMILES string of the molecule is CCC(C)(O)C(O)c1cccc(Cl)c1. The van der Waals surface area contributed by atoms with E-state index in [1.54, 1.807) is 31.2 Å². The second kappa shape index (κ2) is 4.30. The lowest BCUT2D eigenvalue weighted by atomic mass is 9.91. The van der Waals surface area contributed by atoms with E-state index in [0.29, 0.717) is 17.0 Å². The van der Waals surface area contributed by atoms with Gasteiger partial charge in [-0.25, -0.2) is 0 Å². The van der Waals surface area contributed by atoms with E-state index >= 15 is 0 Å². The molecule has 78 valence electrons. The maximum absolute atomic E-state index is 9.86. The second-order valence-corrected chi connectivity index (χ2v) is 4.10. The van der Waals surface area contributed by atoms with Crippen molar-refractivity contribution in [1.29, 1.82) is 0 Å². The quantitative estimate of drug-likeness (QED) is 0.812. The van der Waals surface area contributed by atoms with Gasteiger partial charge < -0.3 is 10.2 Å². The highest BCUT2D eigenvalue weighted by molar-refractivity contribution is 6.30. The first-order chi connectivity index (χ1) is 6.47. The van der Waals surface area contributed by atoms with Crippen LogP contribution in [0, 0.1) is 0 Å². The fourth-order valence-corrected chi connectivity index (χ4v) is 1.43. The molecule has 0 saturated carbocycles. The second-order valence-electron chi connectivity index (χ2n) is 3.67. The maximum atomic E-state index is 9.86. The van der Waals surface area contributed by atoms with Gasteiger partial charge in [0.2, 0.25) is 0 Å². The summed E-state index contributed by atoms with van der Waals surface area (Å²) in [4.78, 5) is 0. The van der Waals surface area contributed by atoms with Crippen molar-refractivity contribution in [3.8, 4) is 0 Å². The number of aliphatic hydroxyl groups excluding tert-OH is 1. The Labute approximate surface area is 89.1 Å². The smallest absolute Gasteiger partial charge is 0.107 e. The Morgan fingerprint density at radius 1 is 1.50 bits per heavy atom. The molecule has 2 N–H and O–H groups in total. The van der Waals surface area contributed by atoms with Crippen molar-refractivity contribution in [2.45, 2.75) is 32.0 Å². The summed E-state index contributed by atoms with van der Waals surface area (Å²) < 4.78 is 0. The van der Waals surface area contributed by atoms with E-state index in [4.69, 9.17) is 11.6 Å². The lowest BCUT2D eigenvalue weighted by Crippen LogP contribution is -2.31. The summed E-state index contributed by atoms with van der Waals surface area (Å²) in [5.41, 5.74) is -0.464. The van der Waals surface area contributed by atoms with Gasteiger partial charge in [0.05, 0.1) is 5.60 Å². The molecule has 0 aliphatic carbocycles. The van der Waals surface area contributed by atoms with E-state index in [-0.39, 0.29) is 0 Å². The van der Waals surface area contributed by atoms with E-state index < -0.39 is 11.7 Å². The van der Waals surface area contributed by atoms with Gasteiger partial charge in [0.15, 0.2) is 0 Å². The van der Waals surface area contributed by atoms with E-state index in [1.807, 2.05) is 6.92 Å². The highest BCUT2D eigenvalue weighted by Gasteiger charge is 2.29. The number of rotatable bonds is 3. The number of benzene rings is 1. The summed E-state index contributed by atoms with van der Waals surface area (Å²) >= 11 is 5.79. The van der Waals surface area contributed by atoms with Crippen molar-refractivity contribution in [3.05, 3.63) is 34.9 Å². The van der Waals surface area contributed by atoms with Gasteiger partial charge in [-0.1, -0.05) is 30.7 Å². The molecule has 14 heavy (non-hydrogen) atoms. The van der Waals surface area contributed by atoms with Crippen LogP contribution in [-0.2, 0) is 0 Å². The highest BCUT2D eigenvalue weighted by Crippen LogP contribution is 2.29. The average molecular weight is 215 g/mol. The minimum atomic E-state index is -1.11. The summed E-state index contributed by atoms with van der Waals surface area (Å²) in [6.45, 7) is 3.44. The fourth-order valence-electron chi connectivity index (χ4n) is 1.23. The molecule has 2 atom stereocenters. The van der Waals surface area contributed by atoms with Crippen molar-refractivity contribution in [1.82, 2.24) is 0 Å². The van der Waals surface area contributed by atoms with Gasteiger partial charge in [0.1, 0.15) is 6.10 Å². The Kier molecular flexibility index (Phi) is 3.53. The van der Waals surface area contributed by atoms with Gasteiger partial charge in [0.25, 0.3) is 0 Å². The summed E-state index contributed by atoms with van der Waals surface area (Å²) in [5.74, 6) is 0. The van der Waals surface area contributed by atoms with Crippen LogP contribution >= 0.6 is 11.6 Å². The third kappa shape index (κ3) is 2.47. The van der Waals surface area contributed by atoms with Gasteiger partial charge >= 0.3 is 0 Å². The Morgan fingerprint density at radius 2 is 2.14 bits per heavy atom. The lowest BCUT2D eigenvalue weighted by Gasteiger charge is -2.28. The molecule has 1 aromatic carbocycles.